The molecular formula is C23H29N3O4S. The summed E-state index contributed by atoms with van der Waals surface area (Å²) >= 11 is 1.42. The van der Waals surface area contributed by atoms with Gasteiger partial charge in [-0.25, -0.2) is 4.98 Å². The van der Waals surface area contributed by atoms with Crippen LogP contribution in [0.3, 0.4) is 0 Å². The molecule has 0 saturated carbocycles. The predicted octanol–water partition coefficient (Wildman–Crippen LogP) is 3.99. The summed E-state index contributed by atoms with van der Waals surface area (Å²) in [5, 5.41) is 0.606. The van der Waals surface area contributed by atoms with Gasteiger partial charge in [0.1, 0.15) is 27.5 Å². The number of nitrogens with zero attached hydrogens (tertiary/aromatic N) is 3. The molecule has 1 amide bonds. The number of benzene rings is 2. The zero-order valence-electron chi connectivity index (χ0n) is 18.7. The Hall–Kier alpha value is -2.84. The predicted molar refractivity (Wildman–Crippen MR) is 125 cm³/mol. The highest BCUT2D eigenvalue weighted by atomic mass is 32.1. The van der Waals surface area contributed by atoms with Crippen LogP contribution in [0, 0.1) is 6.92 Å². The fourth-order valence-corrected chi connectivity index (χ4v) is 4.24. The Morgan fingerprint density at radius 3 is 2.32 bits per heavy atom. The van der Waals surface area contributed by atoms with Gasteiger partial charge in [-0.15, -0.1) is 0 Å². The number of rotatable bonds is 10. The molecule has 0 radical (unpaired) electrons. The van der Waals surface area contributed by atoms with Gasteiger partial charge in [0.15, 0.2) is 11.7 Å². The lowest BCUT2D eigenvalue weighted by molar-refractivity contribution is -0.120. The van der Waals surface area contributed by atoms with Gasteiger partial charge in [-0.05, 0) is 58.3 Å². The summed E-state index contributed by atoms with van der Waals surface area (Å²) in [7, 11) is 7.26. The highest BCUT2D eigenvalue weighted by molar-refractivity contribution is 7.22. The van der Waals surface area contributed by atoms with E-state index in [1.807, 2.05) is 57.4 Å². The van der Waals surface area contributed by atoms with Crippen molar-refractivity contribution >= 4 is 32.6 Å². The normalized spacial score (nSPS) is 11.0. The maximum Gasteiger partial charge on any atom is 0.266 e. The molecule has 0 unspecified atom stereocenters. The molecule has 3 rings (SSSR count). The van der Waals surface area contributed by atoms with Crippen molar-refractivity contribution < 1.29 is 19.0 Å². The first-order valence-electron chi connectivity index (χ1n) is 10.1. The van der Waals surface area contributed by atoms with Crippen molar-refractivity contribution in [3.63, 3.8) is 0 Å². The molecule has 2 aromatic carbocycles. The van der Waals surface area contributed by atoms with Gasteiger partial charge in [-0.2, -0.15) is 0 Å². The third kappa shape index (κ3) is 5.65. The van der Waals surface area contributed by atoms with Crippen molar-refractivity contribution in [1.29, 1.82) is 0 Å². The zero-order chi connectivity index (χ0) is 22.4. The number of methoxy groups -OCH3 is 2. The van der Waals surface area contributed by atoms with Crippen molar-refractivity contribution in [1.82, 2.24) is 9.88 Å². The van der Waals surface area contributed by atoms with Crippen LogP contribution in [-0.4, -0.2) is 63.8 Å². The van der Waals surface area contributed by atoms with Gasteiger partial charge >= 0.3 is 0 Å². The van der Waals surface area contributed by atoms with E-state index < -0.39 is 0 Å². The van der Waals surface area contributed by atoms with E-state index in [-0.39, 0.29) is 12.5 Å². The molecule has 8 heteroatoms. The summed E-state index contributed by atoms with van der Waals surface area (Å²) < 4.78 is 17.5. The summed E-state index contributed by atoms with van der Waals surface area (Å²) in [6.45, 7) is 3.35. The number of carbonyl (C=O) groups is 1. The number of fused-ring (bicyclic) bond motifs is 1. The molecule has 7 nitrogen and oxygen atoms in total. The lowest BCUT2D eigenvalue weighted by atomic mass is 10.2. The summed E-state index contributed by atoms with van der Waals surface area (Å²) in [6.07, 6.45) is 0.813. The second-order valence-corrected chi connectivity index (χ2v) is 8.43. The first-order chi connectivity index (χ1) is 14.9. The number of thiazole rings is 1. The highest BCUT2D eigenvalue weighted by Crippen LogP contribution is 2.40. The number of hydrogen-bond acceptors (Lipinski definition) is 7. The van der Waals surface area contributed by atoms with E-state index >= 15 is 0 Å². The first-order valence-corrected chi connectivity index (χ1v) is 10.9. The molecule has 0 atom stereocenters. The van der Waals surface area contributed by atoms with Crippen LogP contribution in [0.25, 0.3) is 10.2 Å². The SMILES string of the molecule is COc1ccc(OC)c2sc(N(CCCN(C)C)C(=O)COc3ccc(C)cc3)nc12. The van der Waals surface area contributed by atoms with Crippen LogP contribution in [0.5, 0.6) is 17.2 Å². The average Bonchev–Trinajstić information content (AvgIpc) is 3.20. The molecule has 0 saturated heterocycles. The molecule has 0 spiro atoms. The summed E-state index contributed by atoms with van der Waals surface area (Å²) in [5.74, 6) is 1.88. The molecule has 3 aromatic rings. The van der Waals surface area contributed by atoms with Crippen LogP contribution < -0.4 is 19.1 Å². The third-order valence-corrected chi connectivity index (χ3v) is 5.89. The third-order valence-electron chi connectivity index (χ3n) is 4.80. The Morgan fingerprint density at radius 2 is 1.68 bits per heavy atom. The van der Waals surface area contributed by atoms with Crippen LogP contribution in [-0.2, 0) is 4.79 Å². The van der Waals surface area contributed by atoms with Crippen LogP contribution in [0.15, 0.2) is 36.4 Å². The van der Waals surface area contributed by atoms with Gasteiger partial charge < -0.3 is 19.1 Å². The molecular weight excluding hydrogens is 414 g/mol. The van der Waals surface area contributed by atoms with Gasteiger partial charge in [0.05, 0.1) is 14.2 Å². The fraction of sp³-hybridized carbons (Fsp3) is 0.391. The van der Waals surface area contributed by atoms with Gasteiger partial charge in [0.2, 0.25) is 0 Å². The lowest BCUT2D eigenvalue weighted by Gasteiger charge is -2.21. The van der Waals surface area contributed by atoms with E-state index in [0.717, 1.165) is 23.2 Å². The Labute approximate surface area is 187 Å². The highest BCUT2D eigenvalue weighted by Gasteiger charge is 2.23. The largest absolute Gasteiger partial charge is 0.495 e. The minimum absolute atomic E-state index is 0.0603. The fourth-order valence-electron chi connectivity index (χ4n) is 3.12. The summed E-state index contributed by atoms with van der Waals surface area (Å²) in [5.41, 5.74) is 1.83. The zero-order valence-corrected chi connectivity index (χ0v) is 19.5. The van der Waals surface area contributed by atoms with Crippen molar-refractivity contribution in [2.45, 2.75) is 13.3 Å². The molecule has 1 heterocycles. The van der Waals surface area contributed by atoms with Gasteiger partial charge in [-0.3, -0.25) is 9.69 Å². The average molecular weight is 444 g/mol. The van der Waals surface area contributed by atoms with Crippen LogP contribution >= 0.6 is 11.3 Å². The van der Waals surface area contributed by atoms with Crippen molar-refractivity contribution in [3.05, 3.63) is 42.0 Å². The summed E-state index contributed by atoms with van der Waals surface area (Å²) in [4.78, 5) is 21.7. The Kier molecular flexibility index (Phi) is 7.70. The molecule has 0 aliphatic rings. The Morgan fingerprint density at radius 1 is 1.00 bits per heavy atom. The second-order valence-electron chi connectivity index (χ2n) is 7.45. The summed E-state index contributed by atoms with van der Waals surface area (Å²) in [6, 6.07) is 11.3. The quantitative estimate of drug-likeness (QED) is 0.472. The number of carbonyl (C=O) groups excluding carboxylic acids is 1. The molecule has 166 valence electrons. The van der Waals surface area contributed by atoms with E-state index in [2.05, 4.69) is 4.90 Å². The number of aryl methyl sites for hydroxylation is 1. The van der Waals surface area contributed by atoms with Crippen LogP contribution in [0.1, 0.15) is 12.0 Å². The number of anilines is 1. The standard InChI is InChI=1S/C23H29N3O4S/c1-16-7-9-17(10-8-16)30-15-20(27)26(14-6-13-25(2)3)23-24-21-18(28-4)11-12-19(29-5)22(21)31-23/h7-12H,6,13-15H2,1-5H3. The van der Waals surface area contributed by atoms with Crippen molar-refractivity contribution in [2.75, 3.05) is 52.9 Å². The molecule has 1 aromatic heterocycles. The van der Waals surface area contributed by atoms with Gasteiger partial charge in [0, 0.05) is 6.54 Å². The van der Waals surface area contributed by atoms with Gasteiger partial charge in [-0.1, -0.05) is 29.0 Å². The first kappa shape index (κ1) is 22.8. The minimum Gasteiger partial charge on any atom is -0.495 e. The molecule has 31 heavy (non-hydrogen) atoms. The topological polar surface area (TPSA) is 64.1 Å². The maximum absolute atomic E-state index is 13.1. The minimum atomic E-state index is -0.142. The van der Waals surface area contributed by atoms with E-state index in [1.54, 1.807) is 19.1 Å². The molecule has 0 N–H and O–H groups in total. The number of hydrogen-bond donors (Lipinski definition) is 0. The molecule has 0 aliphatic carbocycles. The number of aromatic nitrogens is 1. The molecule has 0 aliphatic heterocycles. The Balaban J connectivity index is 1.86. The van der Waals surface area contributed by atoms with E-state index in [4.69, 9.17) is 19.2 Å². The van der Waals surface area contributed by atoms with Crippen LogP contribution in [0.4, 0.5) is 5.13 Å². The number of ether oxygens (including phenoxy) is 3. The smallest absolute Gasteiger partial charge is 0.266 e. The van der Waals surface area contributed by atoms with E-state index in [1.165, 1.54) is 11.3 Å². The second kappa shape index (κ2) is 10.5. The van der Waals surface area contributed by atoms with E-state index in [0.29, 0.717) is 34.4 Å². The number of amides is 1. The van der Waals surface area contributed by atoms with Crippen molar-refractivity contribution in [3.8, 4) is 17.2 Å². The molecule has 0 bridgehead atoms. The van der Waals surface area contributed by atoms with Crippen LogP contribution in [0.2, 0.25) is 0 Å². The van der Waals surface area contributed by atoms with E-state index in [9.17, 15) is 4.79 Å². The Bertz CT molecular complexity index is 977. The van der Waals surface area contributed by atoms with Crippen molar-refractivity contribution in [2.24, 2.45) is 0 Å². The monoisotopic (exact) mass is 443 g/mol. The maximum atomic E-state index is 13.1. The molecule has 0 fully saturated rings. The van der Waals surface area contributed by atoms with Gasteiger partial charge in [0.25, 0.3) is 5.91 Å². The lowest BCUT2D eigenvalue weighted by Crippen LogP contribution is -2.36.